The molecule has 1 aliphatic rings. The summed E-state index contributed by atoms with van der Waals surface area (Å²) in [5.41, 5.74) is 0. The van der Waals surface area contributed by atoms with E-state index >= 15 is 0 Å². The Hall–Kier alpha value is 0.270. The first-order chi connectivity index (χ1) is 5.33. The highest BCUT2D eigenvalue weighted by atomic mass is 32.2. The number of rotatable bonds is 5. The molecule has 0 spiro atoms. The van der Waals surface area contributed by atoms with Crippen LogP contribution >= 0.6 is 11.8 Å². The molecule has 1 saturated heterocycles. The normalized spacial score (nSPS) is 21.3. The molecule has 0 bridgehead atoms. The topological polar surface area (TPSA) is 24.1 Å². The first kappa shape index (κ1) is 9.36. The van der Waals surface area contributed by atoms with Crippen molar-refractivity contribution in [3.63, 3.8) is 0 Å². The molecule has 1 rings (SSSR count). The minimum absolute atomic E-state index is 0.754. The van der Waals surface area contributed by atoms with E-state index in [1.165, 1.54) is 13.0 Å². The van der Waals surface area contributed by atoms with Gasteiger partial charge in [0.05, 0.1) is 0 Å². The van der Waals surface area contributed by atoms with Gasteiger partial charge in [-0.3, -0.25) is 0 Å². The Morgan fingerprint density at radius 1 is 1.64 bits per heavy atom. The largest absolute Gasteiger partial charge is 0.314 e. The minimum atomic E-state index is 0.754. The summed E-state index contributed by atoms with van der Waals surface area (Å²) in [5, 5.41) is 7.56. The molecule has 0 saturated carbocycles. The van der Waals surface area contributed by atoms with Crippen molar-refractivity contribution in [2.75, 3.05) is 25.9 Å². The highest BCUT2D eigenvalue weighted by Gasteiger charge is 2.14. The van der Waals surface area contributed by atoms with Crippen molar-refractivity contribution in [1.29, 1.82) is 0 Å². The maximum Gasteiger partial charge on any atom is 0.0317 e. The Labute approximate surface area is 73.5 Å². The fourth-order valence-corrected chi connectivity index (χ4v) is 1.40. The van der Waals surface area contributed by atoms with E-state index in [2.05, 4.69) is 23.8 Å². The molecule has 1 unspecified atom stereocenters. The summed E-state index contributed by atoms with van der Waals surface area (Å²) in [6.07, 6.45) is 3.47. The average Bonchev–Trinajstić information content (AvgIpc) is 1.94. The Morgan fingerprint density at radius 2 is 2.36 bits per heavy atom. The maximum absolute atomic E-state index is 3.51. The molecular weight excluding hydrogens is 156 g/mol. The summed E-state index contributed by atoms with van der Waals surface area (Å²) < 4.78 is 0. The SMILES string of the molecule is CSC(C)CCNC1CNC1. The van der Waals surface area contributed by atoms with Crippen LogP contribution in [0.4, 0.5) is 0 Å². The van der Waals surface area contributed by atoms with Crippen molar-refractivity contribution in [1.82, 2.24) is 10.6 Å². The van der Waals surface area contributed by atoms with Crippen LogP contribution in [0.2, 0.25) is 0 Å². The Kier molecular flexibility index (Phi) is 4.26. The maximum atomic E-state index is 3.51. The molecule has 1 atom stereocenters. The monoisotopic (exact) mass is 174 g/mol. The van der Waals surface area contributed by atoms with E-state index in [1.54, 1.807) is 0 Å². The molecule has 1 aliphatic heterocycles. The van der Waals surface area contributed by atoms with Crippen LogP contribution in [0.3, 0.4) is 0 Å². The first-order valence-corrected chi connectivity index (χ1v) is 5.58. The lowest BCUT2D eigenvalue weighted by Crippen LogP contribution is -2.55. The van der Waals surface area contributed by atoms with Gasteiger partial charge in [0.25, 0.3) is 0 Å². The van der Waals surface area contributed by atoms with Crippen LogP contribution in [0.25, 0.3) is 0 Å². The second kappa shape index (κ2) is 5.01. The second-order valence-electron chi connectivity index (χ2n) is 3.14. The van der Waals surface area contributed by atoms with E-state index in [9.17, 15) is 0 Å². The summed E-state index contributed by atoms with van der Waals surface area (Å²) in [5.74, 6) is 0. The van der Waals surface area contributed by atoms with Crippen LogP contribution in [-0.2, 0) is 0 Å². The van der Waals surface area contributed by atoms with Gasteiger partial charge >= 0.3 is 0 Å². The second-order valence-corrected chi connectivity index (χ2v) is 4.42. The smallest absolute Gasteiger partial charge is 0.0317 e. The molecule has 0 aromatic carbocycles. The lowest BCUT2D eigenvalue weighted by Gasteiger charge is -2.28. The van der Waals surface area contributed by atoms with Gasteiger partial charge in [0.1, 0.15) is 0 Å². The number of hydrogen-bond donors (Lipinski definition) is 2. The third-order valence-corrected chi connectivity index (χ3v) is 3.21. The van der Waals surface area contributed by atoms with E-state index in [0.717, 1.165) is 24.4 Å². The van der Waals surface area contributed by atoms with Crippen molar-refractivity contribution in [2.45, 2.75) is 24.6 Å². The van der Waals surface area contributed by atoms with Crippen LogP contribution in [0.15, 0.2) is 0 Å². The minimum Gasteiger partial charge on any atom is -0.314 e. The fraction of sp³-hybridized carbons (Fsp3) is 1.00. The molecule has 3 heteroatoms. The van der Waals surface area contributed by atoms with Crippen LogP contribution < -0.4 is 10.6 Å². The van der Waals surface area contributed by atoms with Gasteiger partial charge in [-0.15, -0.1) is 0 Å². The first-order valence-electron chi connectivity index (χ1n) is 4.30. The zero-order valence-corrected chi connectivity index (χ0v) is 8.21. The predicted octanol–water partition coefficient (Wildman–Crippen LogP) is 0.689. The molecule has 66 valence electrons. The molecule has 0 radical (unpaired) electrons. The molecule has 0 aromatic heterocycles. The molecule has 1 fully saturated rings. The molecular formula is C8H18N2S. The summed E-state index contributed by atoms with van der Waals surface area (Å²) in [7, 11) is 0. The lowest BCUT2D eigenvalue weighted by atomic mass is 10.2. The molecule has 0 amide bonds. The predicted molar refractivity (Wildman–Crippen MR) is 52.3 cm³/mol. The zero-order chi connectivity index (χ0) is 8.10. The number of hydrogen-bond acceptors (Lipinski definition) is 3. The molecule has 11 heavy (non-hydrogen) atoms. The Balaban J connectivity index is 1.86. The average molecular weight is 174 g/mol. The van der Waals surface area contributed by atoms with Gasteiger partial charge in [0.15, 0.2) is 0 Å². The lowest BCUT2D eigenvalue weighted by molar-refractivity contribution is 0.365. The van der Waals surface area contributed by atoms with Gasteiger partial charge in [-0.2, -0.15) is 11.8 Å². The van der Waals surface area contributed by atoms with E-state index in [-0.39, 0.29) is 0 Å². The van der Waals surface area contributed by atoms with Crippen LogP contribution in [0.1, 0.15) is 13.3 Å². The van der Waals surface area contributed by atoms with Gasteiger partial charge in [-0.05, 0) is 19.2 Å². The molecule has 2 N–H and O–H groups in total. The molecule has 1 heterocycles. The highest BCUT2D eigenvalue weighted by molar-refractivity contribution is 7.99. The Bertz CT molecular complexity index is 99.5. The summed E-state index contributed by atoms with van der Waals surface area (Å²) in [6.45, 7) is 5.78. The third-order valence-electron chi connectivity index (χ3n) is 2.17. The van der Waals surface area contributed by atoms with Crippen molar-refractivity contribution in [3.05, 3.63) is 0 Å². The summed E-state index contributed by atoms with van der Waals surface area (Å²) in [6, 6.07) is 0.754. The standard InChI is InChI=1S/C8H18N2S/c1-7(11-2)3-4-10-8-5-9-6-8/h7-10H,3-6H2,1-2H3. The molecule has 0 aliphatic carbocycles. The van der Waals surface area contributed by atoms with Crippen LogP contribution in [0.5, 0.6) is 0 Å². The van der Waals surface area contributed by atoms with Crippen LogP contribution in [-0.4, -0.2) is 37.2 Å². The zero-order valence-electron chi connectivity index (χ0n) is 7.39. The summed E-state index contributed by atoms with van der Waals surface area (Å²) in [4.78, 5) is 0. The molecule has 2 nitrogen and oxygen atoms in total. The van der Waals surface area contributed by atoms with Gasteiger partial charge in [0, 0.05) is 24.4 Å². The van der Waals surface area contributed by atoms with E-state index in [1.807, 2.05) is 11.8 Å². The van der Waals surface area contributed by atoms with Crippen molar-refractivity contribution < 1.29 is 0 Å². The number of nitrogens with one attached hydrogen (secondary N) is 2. The van der Waals surface area contributed by atoms with Gasteiger partial charge < -0.3 is 10.6 Å². The van der Waals surface area contributed by atoms with E-state index < -0.39 is 0 Å². The van der Waals surface area contributed by atoms with Gasteiger partial charge in [0.2, 0.25) is 0 Å². The van der Waals surface area contributed by atoms with Crippen molar-refractivity contribution in [3.8, 4) is 0 Å². The fourth-order valence-electron chi connectivity index (χ4n) is 1.04. The highest BCUT2D eigenvalue weighted by Crippen LogP contribution is 2.08. The summed E-state index contributed by atoms with van der Waals surface area (Å²) >= 11 is 1.95. The number of thioether (sulfide) groups is 1. The van der Waals surface area contributed by atoms with Gasteiger partial charge in [-0.25, -0.2) is 0 Å². The quantitative estimate of drug-likeness (QED) is 0.641. The van der Waals surface area contributed by atoms with Crippen LogP contribution in [0, 0.1) is 0 Å². The van der Waals surface area contributed by atoms with Crippen molar-refractivity contribution >= 4 is 11.8 Å². The van der Waals surface area contributed by atoms with Crippen molar-refractivity contribution in [2.24, 2.45) is 0 Å². The Morgan fingerprint density at radius 3 is 2.82 bits per heavy atom. The third kappa shape index (κ3) is 3.45. The van der Waals surface area contributed by atoms with Gasteiger partial charge in [-0.1, -0.05) is 6.92 Å². The molecule has 0 aromatic rings. The van der Waals surface area contributed by atoms with E-state index in [0.29, 0.717) is 0 Å². The van der Waals surface area contributed by atoms with E-state index in [4.69, 9.17) is 0 Å².